The van der Waals surface area contributed by atoms with E-state index in [1.165, 1.54) is 24.3 Å². The van der Waals surface area contributed by atoms with Gasteiger partial charge in [-0.25, -0.2) is 4.79 Å². The topological polar surface area (TPSA) is 62.5 Å². The van der Waals surface area contributed by atoms with Crippen molar-refractivity contribution >= 4 is 17.6 Å². The minimum Gasteiger partial charge on any atom is -0.478 e. The maximum atomic E-state index is 12.8. The van der Waals surface area contributed by atoms with Crippen LogP contribution in [0.15, 0.2) is 59.0 Å². The van der Waals surface area contributed by atoms with Crippen LogP contribution in [-0.4, -0.2) is 11.1 Å². The van der Waals surface area contributed by atoms with Crippen molar-refractivity contribution in [3.63, 3.8) is 0 Å². The van der Waals surface area contributed by atoms with Gasteiger partial charge in [-0.15, -0.1) is 0 Å². The third kappa shape index (κ3) is 4.86. The summed E-state index contributed by atoms with van der Waals surface area (Å²) in [7, 11) is 0. The van der Waals surface area contributed by atoms with Gasteiger partial charge >= 0.3 is 12.1 Å². The molecule has 0 fully saturated rings. The van der Waals surface area contributed by atoms with Crippen LogP contribution in [0.1, 0.15) is 41.1 Å². The molecule has 4 nitrogen and oxygen atoms in total. The molecule has 0 bridgehead atoms. The van der Waals surface area contributed by atoms with Crippen LogP contribution in [0.4, 0.5) is 13.2 Å². The number of furan rings is 1. The number of hydrogen-bond acceptors (Lipinski definition) is 3. The van der Waals surface area contributed by atoms with Gasteiger partial charge < -0.3 is 14.8 Å². The molecule has 1 aromatic heterocycles. The summed E-state index contributed by atoms with van der Waals surface area (Å²) < 4.78 is 44.0. The molecule has 0 amide bonds. The number of benzene rings is 2. The van der Waals surface area contributed by atoms with Gasteiger partial charge in [-0.3, -0.25) is 0 Å². The number of hydrogen-bond donors (Lipinski definition) is 2. The normalized spacial score (nSPS) is 12.2. The second kappa shape index (κ2) is 8.16. The van der Waals surface area contributed by atoms with Gasteiger partial charge in [-0.2, -0.15) is 13.2 Å². The first kappa shape index (κ1) is 21.9. The van der Waals surface area contributed by atoms with E-state index < -0.39 is 23.2 Å². The van der Waals surface area contributed by atoms with Crippen LogP contribution in [0.3, 0.4) is 0 Å². The summed E-state index contributed by atoms with van der Waals surface area (Å²) in [6.45, 7) is 4.04. The van der Waals surface area contributed by atoms with Gasteiger partial charge in [-0.1, -0.05) is 23.7 Å². The lowest BCUT2D eigenvalue weighted by molar-refractivity contribution is -0.137. The van der Waals surface area contributed by atoms with E-state index in [9.17, 15) is 23.1 Å². The molecule has 0 atom stereocenters. The summed E-state index contributed by atoms with van der Waals surface area (Å²) in [5.41, 5.74) is -0.0420. The molecule has 8 heteroatoms. The summed E-state index contributed by atoms with van der Waals surface area (Å²) in [5, 5.41) is 12.6. The van der Waals surface area contributed by atoms with Crippen molar-refractivity contribution in [2.24, 2.45) is 0 Å². The molecule has 0 aliphatic carbocycles. The van der Waals surface area contributed by atoms with E-state index in [2.05, 4.69) is 5.32 Å². The monoisotopic (exact) mass is 437 g/mol. The van der Waals surface area contributed by atoms with Crippen molar-refractivity contribution in [1.82, 2.24) is 5.32 Å². The van der Waals surface area contributed by atoms with Gasteiger partial charge in [0.2, 0.25) is 0 Å². The summed E-state index contributed by atoms with van der Waals surface area (Å²) in [6, 6.07) is 13.1. The molecule has 30 heavy (non-hydrogen) atoms. The molecule has 2 N–H and O–H groups in total. The number of nitrogens with one attached hydrogen (secondary N) is 1. The van der Waals surface area contributed by atoms with Crippen molar-refractivity contribution in [1.29, 1.82) is 0 Å². The van der Waals surface area contributed by atoms with Gasteiger partial charge in [0.25, 0.3) is 0 Å². The Morgan fingerprint density at radius 2 is 1.67 bits per heavy atom. The van der Waals surface area contributed by atoms with Gasteiger partial charge in [0.15, 0.2) is 0 Å². The average Bonchev–Trinajstić information content (AvgIpc) is 3.15. The Morgan fingerprint density at radius 3 is 2.27 bits per heavy atom. The fourth-order valence-corrected chi connectivity index (χ4v) is 3.15. The summed E-state index contributed by atoms with van der Waals surface area (Å²) in [6.07, 6.45) is -4.37. The first-order chi connectivity index (χ1) is 14.0. The largest absolute Gasteiger partial charge is 0.478 e. The van der Waals surface area contributed by atoms with Crippen molar-refractivity contribution in [2.75, 3.05) is 0 Å². The Kier molecular flexibility index (Phi) is 5.97. The second-order valence-corrected chi connectivity index (χ2v) is 7.73. The molecule has 0 aliphatic heterocycles. The highest BCUT2D eigenvalue weighted by molar-refractivity contribution is 6.33. The number of carboxylic acid groups (broad SMARTS) is 1. The Labute approximate surface area is 176 Å². The van der Waals surface area contributed by atoms with Gasteiger partial charge in [-0.05, 0) is 61.9 Å². The molecule has 0 unspecified atom stereocenters. The summed E-state index contributed by atoms with van der Waals surface area (Å²) in [4.78, 5) is 11.2. The van der Waals surface area contributed by atoms with Crippen molar-refractivity contribution < 1.29 is 27.5 Å². The zero-order valence-electron chi connectivity index (χ0n) is 16.2. The molecule has 3 rings (SSSR count). The van der Waals surface area contributed by atoms with Crippen LogP contribution in [0.5, 0.6) is 0 Å². The molecule has 0 radical (unpaired) electrons. The van der Waals surface area contributed by atoms with Crippen LogP contribution in [0, 0.1) is 0 Å². The summed E-state index contributed by atoms with van der Waals surface area (Å²) in [5.74, 6) is -0.0521. The predicted molar refractivity (Wildman–Crippen MR) is 107 cm³/mol. The highest BCUT2D eigenvalue weighted by atomic mass is 35.5. The molecule has 2 aromatic carbocycles. The lowest BCUT2D eigenvalue weighted by Crippen LogP contribution is -2.35. The van der Waals surface area contributed by atoms with E-state index in [0.29, 0.717) is 29.2 Å². The maximum Gasteiger partial charge on any atom is 0.416 e. The van der Waals surface area contributed by atoms with Gasteiger partial charge in [0.05, 0.1) is 22.7 Å². The SMILES string of the molecule is CC(C)(NCc1ccc(-c2ccc(Cl)c(C(=O)O)c2)o1)c1ccc(C(F)(F)F)cc1. The van der Waals surface area contributed by atoms with Crippen LogP contribution in [-0.2, 0) is 18.3 Å². The molecule has 1 heterocycles. The third-order valence-electron chi connectivity index (χ3n) is 4.78. The predicted octanol–water partition coefficient (Wildman–Crippen LogP) is 6.34. The van der Waals surface area contributed by atoms with Crippen molar-refractivity contribution in [2.45, 2.75) is 32.1 Å². The van der Waals surface area contributed by atoms with Crippen LogP contribution in [0.2, 0.25) is 5.02 Å². The minimum atomic E-state index is -4.37. The smallest absolute Gasteiger partial charge is 0.416 e. The van der Waals surface area contributed by atoms with Crippen LogP contribution in [0.25, 0.3) is 11.3 Å². The van der Waals surface area contributed by atoms with Gasteiger partial charge in [0, 0.05) is 11.1 Å². The van der Waals surface area contributed by atoms with E-state index in [1.807, 2.05) is 13.8 Å². The van der Waals surface area contributed by atoms with Crippen LogP contribution >= 0.6 is 11.6 Å². The average molecular weight is 438 g/mol. The van der Waals surface area contributed by atoms with E-state index in [4.69, 9.17) is 16.0 Å². The zero-order valence-corrected chi connectivity index (χ0v) is 16.9. The van der Waals surface area contributed by atoms with E-state index in [-0.39, 0.29) is 10.6 Å². The number of carboxylic acids is 1. The molecular weight excluding hydrogens is 419 g/mol. The van der Waals surface area contributed by atoms with Gasteiger partial charge in [0.1, 0.15) is 11.5 Å². The summed E-state index contributed by atoms with van der Waals surface area (Å²) >= 11 is 5.89. The molecule has 0 saturated carbocycles. The number of rotatable bonds is 6. The number of aromatic carboxylic acids is 1. The fourth-order valence-electron chi connectivity index (χ4n) is 2.96. The first-order valence-corrected chi connectivity index (χ1v) is 9.40. The lowest BCUT2D eigenvalue weighted by atomic mass is 9.93. The third-order valence-corrected chi connectivity index (χ3v) is 5.11. The molecular formula is C22H19ClF3NO3. The van der Waals surface area contributed by atoms with E-state index in [1.54, 1.807) is 18.2 Å². The Morgan fingerprint density at radius 1 is 1.03 bits per heavy atom. The molecule has 158 valence electrons. The zero-order chi connectivity index (χ0) is 22.1. The first-order valence-electron chi connectivity index (χ1n) is 9.02. The molecule has 3 aromatic rings. The number of alkyl halides is 3. The van der Waals surface area contributed by atoms with E-state index >= 15 is 0 Å². The molecule has 0 saturated heterocycles. The lowest BCUT2D eigenvalue weighted by Gasteiger charge is -2.27. The van der Waals surface area contributed by atoms with E-state index in [0.717, 1.165) is 12.1 Å². The Hall–Kier alpha value is -2.77. The molecule has 0 spiro atoms. The fraction of sp³-hybridized carbons (Fsp3) is 0.227. The Bertz CT molecular complexity index is 1060. The minimum absolute atomic E-state index is 0.0197. The molecule has 0 aliphatic rings. The van der Waals surface area contributed by atoms with Crippen molar-refractivity contribution in [3.05, 3.63) is 82.1 Å². The highest BCUT2D eigenvalue weighted by Gasteiger charge is 2.31. The highest BCUT2D eigenvalue weighted by Crippen LogP contribution is 2.31. The number of halogens is 4. The number of carbonyl (C=O) groups is 1. The van der Waals surface area contributed by atoms with Crippen LogP contribution < -0.4 is 5.32 Å². The quantitative estimate of drug-likeness (QED) is 0.472. The second-order valence-electron chi connectivity index (χ2n) is 7.32. The standard InChI is InChI=1S/C22H19ClF3NO3/c1-21(2,14-4-6-15(7-5-14)22(24,25)26)27-12-16-8-10-19(30-16)13-3-9-18(23)17(11-13)20(28)29/h3-11,27H,12H2,1-2H3,(H,28,29). The maximum absolute atomic E-state index is 12.8. The van der Waals surface area contributed by atoms with Crippen molar-refractivity contribution in [3.8, 4) is 11.3 Å². The Balaban J connectivity index is 1.72.